The number of anilines is 2. The van der Waals surface area contributed by atoms with Gasteiger partial charge in [-0.05, 0) is 93.6 Å². The zero-order chi connectivity index (χ0) is 31.8. The van der Waals surface area contributed by atoms with Gasteiger partial charge in [-0.15, -0.1) is 0 Å². The molecule has 3 amide bonds. The second kappa shape index (κ2) is 11.9. The molecule has 10 nitrogen and oxygen atoms in total. The van der Waals surface area contributed by atoms with Gasteiger partial charge in [-0.2, -0.15) is 0 Å². The summed E-state index contributed by atoms with van der Waals surface area (Å²) >= 11 is 0. The Hall–Kier alpha value is -4.96. The number of hydrogen-bond acceptors (Lipinski definition) is 8. The zero-order valence-electron chi connectivity index (χ0n) is 25.9. The fourth-order valence-corrected chi connectivity index (χ4v) is 5.99. The van der Waals surface area contributed by atoms with E-state index < -0.39 is 17.2 Å². The molecular weight excluding hydrogens is 568 g/mol. The SMILES string of the molecule is Cc1cccnc1CN1CCC2(CC1)C(=O)N(c1ccc(-c3ccc(C(=O)OC(C)(C)C)cc3)cc1)C(=O)N2c1ccncn1. The van der Waals surface area contributed by atoms with Gasteiger partial charge in [-0.25, -0.2) is 24.5 Å². The van der Waals surface area contributed by atoms with E-state index in [1.807, 2.05) is 64.1 Å². The highest BCUT2D eigenvalue weighted by Gasteiger charge is 2.59. The summed E-state index contributed by atoms with van der Waals surface area (Å²) in [6.07, 6.45) is 5.70. The molecule has 230 valence electrons. The van der Waals surface area contributed by atoms with E-state index in [4.69, 9.17) is 4.74 Å². The predicted octanol–water partition coefficient (Wildman–Crippen LogP) is 5.81. The number of carbonyl (C=O) groups is 3. The van der Waals surface area contributed by atoms with Crippen LogP contribution >= 0.6 is 0 Å². The summed E-state index contributed by atoms with van der Waals surface area (Å²) in [5.74, 6) is -0.230. The number of carbonyl (C=O) groups excluding carboxylic acids is 3. The Balaban J connectivity index is 1.24. The van der Waals surface area contributed by atoms with Crippen molar-refractivity contribution in [2.24, 2.45) is 0 Å². The van der Waals surface area contributed by atoms with Crippen LogP contribution in [0, 0.1) is 6.92 Å². The first-order valence-corrected chi connectivity index (χ1v) is 15.1. The monoisotopic (exact) mass is 604 g/mol. The highest BCUT2D eigenvalue weighted by atomic mass is 16.6. The van der Waals surface area contributed by atoms with Crippen molar-refractivity contribution in [3.63, 3.8) is 0 Å². The molecule has 0 radical (unpaired) electrons. The fourth-order valence-electron chi connectivity index (χ4n) is 5.99. The third-order valence-electron chi connectivity index (χ3n) is 8.36. The summed E-state index contributed by atoms with van der Waals surface area (Å²) in [7, 11) is 0. The van der Waals surface area contributed by atoms with Gasteiger partial charge in [0.05, 0.1) is 16.9 Å². The third-order valence-corrected chi connectivity index (χ3v) is 8.36. The van der Waals surface area contributed by atoms with Crippen molar-refractivity contribution in [2.45, 2.75) is 58.2 Å². The maximum Gasteiger partial charge on any atom is 0.338 e. The Morgan fingerprint density at radius 1 is 0.889 bits per heavy atom. The minimum absolute atomic E-state index is 0.255. The average Bonchev–Trinajstić information content (AvgIpc) is 3.24. The summed E-state index contributed by atoms with van der Waals surface area (Å²) in [6.45, 7) is 9.48. The number of pyridine rings is 1. The summed E-state index contributed by atoms with van der Waals surface area (Å²) < 4.78 is 5.46. The molecule has 45 heavy (non-hydrogen) atoms. The van der Waals surface area contributed by atoms with Crippen molar-refractivity contribution < 1.29 is 19.1 Å². The van der Waals surface area contributed by atoms with Gasteiger partial charge in [0.2, 0.25) is 0 Å². The molecule has 0 bridgehead atoms. The van der Waals surface area contributed by atoms with Crippen LogP contribution < -0.4 is 9.80 Å². The lowest BCUT2D eigenvalue weighted by Crippen LogP contribution is -2.57. The van der Waals surface area contributed by atoms with Crippen LogP contribution in [0.2, 0.25) is 0 Å². The third kappa shape index (κ3) is 5.93. The zero-order valence-corrected chi connectivity index (χ0v) is 25.9. The molecule has 4 heterocycles. The van der Waals surface area contributed by atoms with Gasteiger partial charge in [-0.1, -0.05) is 30.3 Å². The lowest BCUT2D eigenvalue weighted by molar-refractivity contribution is -0.123. The number of imide groups is 1. The van der Waals surface area contributed by atoms with Crippen molar-refractivity contribution in [1.82, 2.24) is 19.9 Å². The van der Waals surface area contributed by atoms with Crippen LogP contribution in [0.5, 0.6) is 0 Å². The number of aromatic nitrogens is 3. The molecule has 0 saturated carbocycles. The number of likely N-dealkylation sites (tertiary alicyclic amines) is 1. The average molecular weight is 605 g/mol. The minimum atomic E-state index is -1.06. The Morgan fingerprint density at radius 2 is 1.56 bits per heavy atom. The number of nitrogens with zero attached hydrogens (tertiary/aromatic N) is 6. The van der Waals surface area contributed by atoms with Crippen molar-refractivity contribution >= 4 is 29.4 Å². The van der Waals surface area contributed by atoms with Crippen LogP contribution in [0.15, 0.2) is 85.5 Å². The van der Waals surface area contributed by atoms with Gasteiger partial charge >= 0.3 is 12.0 Å². The molecule has 0 N–H and O–H groups in total. The Bertz CT molecular complexity index is 1710. The number of hydrogen-bond donors (Lipinski definition) is 0. The first-order valence-electron chi connectivity index (χ1n) is 15.1. The van der Waals surface area contributed by atoms with E-state index in [0.717, 1.165) is 22.4 Å². The molecule has 2 aliphatic heterocycles. The van der Waals surface area contributed by atoms with Gasteiger partial charge in [-0.3, -0.25) is 19.6 Å². The van der Waals surface area contributed by atoms with Crippen molar-refractivity contribution in [2.75, 3.05) is 22.9 Å². The van der Waals surface area contributed by atoms with E-state index in [9.17, 15) is 14.4 Å². The second-order valence-corrected chi connectivity index (χ2v) is 12.5. The van der Waals surface area contributed by atoms with E-state index in [1.165, 1.54) is 11.2 Å². The standard InChI is InChI=1S/C35H36N6O4/c1-24-6-5-18-37-29(24)22-39-20-16-35(17-21-39)32(43)40(33(44)41(35)30-15-19-36-23-38-30)28-13-11-26(12-14-28)25-7-9-27(10-8-25)31(42)45-34(2,3)4/h5-15,18-19,23H,16-17,20-22H2,1-4H3. The maximum atomic E-state index is 14.3. The van der Waals surface area contributed by atoms with Crippen LogP contribution in [0.3, 0.4) is 0 Å². The molecule has 2 saturated heterocycles. The first kappa shape index (κ1) is 30.1. The molecular formula is C35H36N6O4. The van der Waals surface area contributed by atoms with E-state index in [-0.39, 0.29) is 11.9 Å². The highest BCUT2D eigenvalue weighted by Crippen LogP contribution is 2.42. The lowest BCUT2D eigenvalue weighted by Gasteiger charge is -2.41. The van der Waals surface area contributed by atoms with E-state index in [0.29, 0.717) is 49.5 Å². The number of rotatable bonds is 6. The normalized spacial score (nSPS) is 16.8. The molecule has 2 aliphatic rings. The topological polar surface area (TPSA) is 109 Å². The number of amides is 3. The molecule has 0 aliphatic carbocycles. The van der Waals surface area contributed by atoms with Crippen LogP contribution in [-0.2, 0) is 16.1 Å². The van der Waals surface area contributed by atoms with Crippen LogP contribution in [-0.4, -0.2) is 62.0 Å². The molecule has 4 aromatic rings. The molecule has 0 unspecified atom stereocenters. The van der Waals surface area contributed by atoms with Crippen LogP contribution in [0.1, 0.15) is 55.2 Å². The van der Waals surface area contributed by atoms with Crippen molar-refractivity contribution in [3.05, 3.63) is 102 Å². The molecule has 2 aromatic heterocycles. The largest absolute Gasteiger partial charge is 0.456 e. The lowest BCUT2D eigenvalue weighted by atomic mass is 9.85. The first-order chi connectivity index (χ1) is 21.6. The number of esters is 1. The van der Waals surface area contributed by atoms with Gasteiger partial charge in [0.1, 0.15) is 23.3 Å². The predicted molar refractivity (Wildman–Crippen MR) is 171 cm³/mol. The second-order valence-electron chi connectivity index (χ2n) is 12.5. The molecule has 2 fully saturated rings. The number of aryl methyl sites for hydroxylation is 1. The molecule has 1 spiro atoms. The summed E-state index contributed by atoms with van der Waals surface area (Å²) in [4.78, 5) is 58.8. The number of benzene rings is 2. The fraction of sp³-hybridized carbons (Fsp3) is 0.314. The molecule has 2 aromatic carbocycles. The highest BCUT2D eigenvalue weighted by molar-refractivity contribution is 6.30. The summed E-state index contributed by atoms with van der Waals surface area (Å²) in [5, 5.41) is 0. The minimum Gasteiger partial charge on any atom is -0.456 e. The van der Waals surface area contributed by atoms with Crippen molar-refractivity contribution in [1.29, 1.82) is 0 Å². The smallest absolute Gasteiger partial charge is 0.338 e. The summed E-state index contributed by atoms with van der Waals surface area (Å²) in [6, 6.07) is 19.7. The Labute approximate surface area is 262 Å². The van der Waals surface area contributed by atoms with Crippen LogP contribution in [0.4, 0.5) is 16.3 Å². The van der Waals surface area contributed by atoms with Gasteiger partial charge < -0.3 is 4.74 Å². The Morgan fingerprint density at radius 3 is 2.16 bits per heavy atom. The summed E-state index contributed by atoms with van der Waals surface area (Å²) in [5.41, 5.74) is 3.23. The molecule has 6 rings (SSSR count). The van der Waals surface area contributed by atoms with E-state index in [1.54, 1.807) is 47.6 Å². The number of urea groups is 1. The van der Waals surface area contributed by atoms with Crippen molar-refractivity contribution in [3.8, 4) is 11.1 Å². The Kier molecular flexibility index (Phi) is 7.92. The maximum absolute atomic E-state index is 14.3. The van der Waals surface area contributed by atoms with Gasteiger partial charge in [0.15, 0.2) is 0 Å². The molecule has 10 heteroatoms. The molecule has 0 atom stereocenters. The van der Waals surface area contributed by atoms with Crippen LogP contribution in [0.25, 0.3) is 11.1 Å². The van der Waals surface area contributed by atoms with E-state index >= 15 is 0 Å². The van der Waals surface area contributed by atoms with Gasteiger partial charge in [0.25, 0.3) is 5.91 Å². The quantitative estimate of drug-likeness (QED) is 0.200. The number of piperidine rings is 1. The van der Waals surface area contributed by atoms with Gasteiger partial charge in [0, 0.05) is 32.0 Å². The number of ether oxygens (including phenoxy) is 1. The van der Waals surface area contributed by atoms with E-state index in [2.05, 4.69) is 19.9 Å².